The van der Waals surface area contributed by atoms with E-state index in [2.05, 4.69) is 64.7 Å². The molecule has 1 atom stereocenters. The number of terminal acetylenes is 1. The van der Waals surface area contributed by atoms with Crippen molar-refractivity contribution < 1.29 is 110 Å². The minimum Gasteiger partial charge on any atom is -0.790 e. The first-order valence-corrected chi connectivity index (χ1v) is 14.2. The molecule has 0 aliphatic carbocycles. The number of carbonyl (C=O) groups excluding carboxylic acids is 2. The van der Waals surface area contributed by atoms with Gasteiger partial charge in [-0.25, -0.2) is 4.79 Å². The summed E-state index contributed by atoms with van der Waals surface area (Å²) >= 11 is 0. The van der Waals surface area contributed by atoms with Gasteiger partial charge in [0.2, 0.25) is 0 Å². The summed E-state index contributed by atoms with van der Waals surface area (Å²) < 4.78 is 24.9. The van der Waals surface area contributed by atoms with Crippen molar-refractivity contribution in [3.8, 4) is 59.7 Å². The SMILES string of the molecule is C#CC#CC#CC#CC#CC(=O)OC[C@@H](COP(=O)([O-])[O-])OC(=O)CCCCCCCCCCCCCC.S.[HH].[HH].[HH].[HH].[HH].[HH].[HH].[HH].[HH].[Na+].[Na+]. The summed E-state index contributed by atoms with van der Waals surface area (Å²) in [6.45, 7) is 0.886. The third kappa shape index (κ3) is 37.2. The van der Waals surface area contributed by atoms with Crippen LogP contribution in [0.1, 0.15) is 103 Å². The van der Waals surface area contributed by atoms with Crippen molar-refractivity contribution in [3.63, 3.8) is 0 Å². The van der Waals surface area contributed by atoms with E-state index in [-0.39, 0.29) is 91.9 Å². The first kappa shape index (κ1) is 47.1. The molecule has 41 heavy (non-hydrogen) atoms. The average Bonchev–Trinajstić information content (AvgIpc) is 2.87. The molecule has 0 saturated carbocycles. The molecule has 0 bridgehead atoms. The predicted octanol–water partition coefficient (Wildman–Crippen LogP) is -0.640. The average molecular weight is 641 g/mol. The van der Waals surface area contributed by atoms with Crippen LogP contribution in [0.5, 0.6) is 0 Å². The van der Waals surface area contributed by atoms with Crippen LogP contribution in [-0.4, -0.2) is 31.3 Å². The largest absolute Gasteiger partial charge is 1.00 e. The first-order chi connectivity index (χ1) is 18.3. The van der Waals surface area contributed by atoms with Crippen molar-refractivity contribution in [1.29, 1.82) is 0 Å². The van der Waals surface area contributed by atoms with Gasteiger partial charge in [0.25, 0.3) is 0 Å². The van der Waals surface area contributed by atoms with E-state index in [1.54, 1.807) is 0 Å². The molecule has 0 spiro atoms. The fraction of sp³-hybridized carbons (Fsp3) is 0.586. The van der Waals surface area contributed by atoms with Crippen LogP contribution in [0.2, 0.25) is 0 Å². The molecule has 0 aliphatic rings. The van der Waals surface area contributed by atoms with E-state index in [1.807, 2.05) is 0 Å². The van der Waals surface area contributed by atoms with Gasteiger partial charge in [-0.1, -0.05) is 77.6 Å². The third-order valence-electron chi connectivity index (χ3n) is 4.96. The molecule has 0 unspecified atom stereocenters. The van der Waals surface area contributed by atoms with Crippen LogP contribution >= 0.6 is 21.3 Å². The fourth-order valence-electron chi connectivity index (χ4n) is 3.13. The maximum Gasteiger partial charge on any atom is 1.00 e. The van der Waals surface area contributed by atoms with Crippen molar-refractivity contribution in [3.05, 3.63) is 0 Å². The van der Waals surface area contributed by atoms with Gasteiger partial charge in [-0.15, -0.1) is 6.42 Å². The van der Waals surface area contributed by atoms with Gasteiger partial charge >= 0.3 is 71.1 Å². The number of hydrogen-bond acceptors (Lipinski definition) is 8. The fourth-order valence-corrected chi connectivity index (χ4v) is 3.47. The molecule has 0 amide bonds. The molecule has 12 heteroatoms. The summed E-state index contributed by atoms with van der Waals surface area (Å²) in [6, 6.07) is 0. The van der Waals surface area contributed by atoms with E-state index >= 15 is 0 Å². The number of carbonyl (C=O) groups is 2. The van der Waals surface area contributed by atoms with Crippen molar-refractivity contribution in [1.82, 2.24) is 0 Å². The van der Waals surface area contributed by atoms with Crippen molar-refractivity contribution in [2.24, 2.45) is 0 Å². The van der Waals surface area contributed by atoms with E-state index < -0.39 is 39.1 Å². The molecule has 0 rings (SSSR count). The van der Waals surface area contributed by atoms with Crippen LogP contribution in [0, 0.1) is 59.7 Å². The molecule has 0 N–H and O–H groups in total. The number of ether oxygens (including phenoxy) is 2. The van der Waals surface area contributed by atoms with Crippen LogP contribution in [0.4, 0.5) is 0 Å². The number of unbranched alkanes of at least 4 members (excludes halogenated alkanes) is 11. The maximum absolute atomic E-state index is 12.1. The van der Waals surface area contributed by atoms with Gasteiger partial charge in [0, 0.05) is 25.2 Å². The molecule has 0 heterocycles. The molecular formula is C29H55Na2O8PS. The molecule has 0 aliphatic heterocycles. The van der Waals surface area contributed by atoms with Crippen molar-refractivity contribution >= 4 is 33.3 Å². The van der Waals surface area contributed by atoms with Crippen LogP contribution < -0.4 is 68.9 Å². The predicted molar refractivity (Wildman–Crippen MR) is 169 cm³/mol. The van der Waals surface area contributed by atoms with Crippen LogP contribution in [-0.2, 0) is 28.2 Å². The Morgan fingerprint density at radius 1 is 0.780 bits per heavy atom. The maximum atomic E-state index is 12.1. The summed E-state index contributed by atoms with van der Waals surface area (Å²) in [6.07, 6.45) is 17.5. The molecule has 0 radical (unpaired) electrons. The summed E-state index contributed by atoms with van der Waals surface area (Å²) in [4.78, 5) is 45.4. The van der Waals surface area contributed by atoms with Crippen molar-refractivity contribution in [2.75, 3.05) is 13.2 Å². The van der Waals surface area contributed by atoms with E-state index in [9.17, 15) is 23.9 Å². The quantitative estimate of drug-likeness (QED) is 0.0456. The minimum absolute atomic E-state index is 0. The molecular weight excluding hydrogens is 585 g/mol. The number of esters is 2. The van der Waals surface area contributed by atoms with Crippen LogP contribution in [0.25, 0.3) is 0 Å². The van der Waals surface area contributed by atoms with Crippen LogP contribution in [0.15, 0.2) is 0 Å². The summed E-state index contributed by atoms with van der Waals surface area (Å²) in [7, 11) is -5.31. The molecule has 0 saturated heterocycles. The Balaban J connectivity index is -0.000000104. The zero-order chi connectivity index (χ0) is 28.3. The Morgan fingerprint density at radius 2 is 1.24 bits per heavy atom. The van der Waals surface area contributed by atoms with E-state index in [0.717, 1.165) is 19.3 Å². The van der Waals surface area contributed by atoms with E-state index in [1.165, 1.54) is 51.4 Å². The molecule has 0 aromatic rings. The summed E-state index contributed by atoms with van der Waals surface area (Å²) in [5.41, 5.74) is 0. The topological polar surface area (TPSA) is 125 Å². The summed E-state index contributed by atoms with van der Waals surface area (Å²) in [5, 5.41) is 0. The normalized spacial score (nSPS) is 9.71. The Labute approximate surface area is 310 Å². The Morgan fingerprint density at radius 3 is 1.73 bits per heavy atom. The van der Waals surface area contributed by atoms with Crippen molar-refractivity contribution in [2.45, 2.75) is 96.5 Å². The molecule has 0 aromatic carbocycles. The van der Waals surface area contributed by atoms with Gasteiger partial charge in [0.05, 0.1) is 14.4 Å². The second-order valence-corrected chi connectivity index (χ2v) is 9.39. The Kier molecular flexibility index (Phi) is 38.7. The van der Waals surface area contributed by atoms with E-state index in [0.29, 0.717) is 6.42 Å². The number of hydrogen-bond donors (Lipinski definition) is 0. The third-order valence-corrected chi connectivity index (χ3v) is 5.43. The van der Waals surface area contributed by atoms with Gasteiger partial charge in [-0.3, -0.25) is 4.79 Å². The smallest absolute Gasteiger partial charge is 0.790 e. The standard InChI is InChI=1S/C29H37O8P.2Na.H2S.9H2/c1-3-5-7-9-11-13-14-15-16-18-20-22-24-29(31)37-27(26-36-38(32,33)34)25-35-28(30)23-21-19-17-12-10-8-6-4-2;;;;;;;;;;;;/h2,27H,3,5,7,9,11,13-16,18,20,22,24-26H2,1H3,(H2,32,33,34);;;1H2;9*1H/q;2*+1;;;;;;;;;;/p-2/t27-;;;;;;;;;;;;/m0............/s1. The van der Waals surface area contributed by atoms with Gasteiger partial charge in [-0.2, -0.15) is 13.5 Å². The Bertz CT molecular complexity index is 1090. The zero-order valence-corrected chi connectivity index (χ0v) is 30.4. The molecule has 232 valence electrons. The summed E-state index contributed by atoms with van der Waals surface area (Å²) in [5.74, 6) is 18.6. The number of phosphoric acid groups is 1. The molecule has 0 aromatic heterocycles. The number of rotatable bonds is 19. The van der Waals surface area contributed by atoms with E-state index in [4.69, 9.17) is 15.9 Å². The van der Waals surface area contributed by atoms with Gasteiger partial charge in [-0.05, 0) is 53.8 Å². The first-order valence-electron chi connectivity index (χ1n) is 12.8. The van der Waals surface area contributed by atoms with Gasteiger partial charge in [0.1, 0.15) is 6.61 Å². The second kappa shape index (κ2) is 33.7. The zero-order valence-electron chi connectivity index (χ0n) is 24.5. The second-order valence-electron chi connectivity index (χ2n) is 8.24. The molecule has 8 nitrogen and oxygen atoms in total. The monoisotopic (exact) mass is 640 g/mol. The van der Waals surface area contributed by atoms with Crippen LogP contribution in [0.3, 0.4) is 0 Å². The molecule has 0 fully saturated rings. The van der Waals surface area contributed by atoms with Gasteiger partial charge in [0.15, 0.2) is 6.10 Å². The minimum atomic E-state index is -5.31. The number of phosphoric ester groups is 1. The van der Waals surface area contributed by atoms with Gasteiger partial charge < -0.3 is 28.3 Å². The Hall–Kier alpha value is -0.800.